The van der Waals surface area contributed by atoms with E-state index in [9.17, 15) is 13.2 Å². The van der Waals surface area contributed by atoms with Gasteiger partial charge in [-0.15, -0.1) is 0 Å². The second-order valence-electron chi connectivity index (χ2n) is 7.00. The maximum atomic E-state index is 13.3. The Morgan fingerprint density at radius 1 is 1.17 bits per heavy atom. The standard InChI is InChI=1S/C21H20ClN3O4S/c1-29-21(26)19-11-18-20(13-25(19)30(27,28)17-5-3-2-4-6-17)24(14-23-18)12-15-7-9-16(22)10-8-15/h2-10,14,19H,11-13H2,1H3. The van der Waals surface area contributed by atoms with Gasteiger partial charge in [-0.1, -0.05) is 41.9 Å². The molecule has 2 heterocycles. The van der Waals surface area contributed by atoms with Crippen molar-refractivity contribution in [1.29, 1.82) is 0 Å². The quantitative estimate of drug-likeness (QED) is 0.564. The van der Waals surface area contributed by atoms with E-state index in [0.717, 1.165) is 11.3 Å². The molecule has 0 saturated carbocycles. The molecular weight excluding hydrogens is 426 g/mol. The van der Waals surface area contributed by atoms with E-state index in [4.69, 9.17) is 16.3 Å². The summed E-state index contributed by atoms with van der Waals surface area (Å²) in [6.45, 7) is 0.543. The zero-order chi connectivity index (χ0) is 21.3. The van der Waals surface area contributed by atoms with Crippen molar-refractivity contribution in [1.82, 2.24) is 13.9 Å². The fourth-order valence-corrected chi connectivity index (χ4v) is 5.27. The van der Waals surface area contributed by atoms with Crippen LogP contribution in [-0.4, -0.2) is 41.4 Å². The van der Waals surface area contributed by atoms with E-state index >= 15 is 0 Å². The van der Waals surface area contributed by atoms with Crippen LogP contribution in [0.1, 0.15) is 17.0 Å². The van der Waals surface area contributed by atoms with Crippen LogP contribution >= 0.6 is 11.6 Å². The van der Waals surface area contributed by atoms with Gasteiger partial charge in [0.2, 0.25) is 10.0 Å². The Labute approximate surface area is 179 Å². The molecule has 30 heavy (non-hydrogen) atoms. The average Bonchev–Trinajstić information content (AvgIpc) is 3.16. The van der Waals surface area contributed by atoms with Gasteiger partial charge in [0.15, 0.2) is 0 Å². The molecule has 9 heteroatoms. The van der Waals surface area contributed by atoms with E-state index in [1.165, 1.54) is 23.5 Å². The molecule has 0 aliphatic carbocycles. The zero-order valence-corrected chi connectivity index (χ0v) is 17.8. The third-order valence-electron chi connectivity index (χ3n) is 5.16. The van der Waals surface area contributed by atoms with Crippen molar-refractivity contribution < 1.29 is 17.9 Å². The Bertz CT molecular complexity index is 1160. The van der Waals surface area contributed by atoms with Crippen LogP contribution in [0.4, 0.5) is 0 Å². The van der Waals surface area contributed by atoms with Crippen LogP contribution < -0.4 is 0 Å². The fraction of sp³-hybridized carbons (Fsp3) is 0.238. The van der Waals surface area contributed by atoms with Gasteiger partial charge in [-0.2, -0.15) is 4.31 Å². The lowest BCUT2D eigenvalue weighted by molar-refractivity contribution is -0.145. The summed E-state index contributed by atoms with van der Waals surface area (Å²) in [4.78, 5) is 17.0. The molecule has 1 atom stereocenters. The van der Waals surface area contributed by atoms with Crippen molar-refractivity contribution in [2.75, 3.05) is 7.11 Å². The molecule has 2 aromatic carbocycles. The Morgan fingerprint density at radius 2 is 1.87 bits per heavy atom. The SMILES string of the molecule is COC(=O)C1Cc2ncn(Cc3ccc(Cl)cc3)c2CN1S(=O)(=O)c1ccccc1. The molecule has 0 saturated heterocycles. The topological polar surface area (TPSA) is 81.5 Å². The molecule has 3 aromatic rings. The Balaban J connectivity index is 1.71. The number of hydrogen-bond donors (Lipinski definition) is 0. The minimum absolute atomic E-state index is 0.0277. The number of carbonyl (C=O) groups is 1. The van der Waals surface area contributed by atoms with Crippen LogP contribution in [0, 0.1) is 0 Å². The van der Waals surface area contributed by atoms with Gasteiger partial charge < -0.3 is 9.30 Å². The third-order valence-corrected chi connectivity index (χ3v) is 7.28. The number of imidazole rings is 1. The molecular formula is C21H20ClN3O4S. The maximum absolute atomic E-state index is 13.3. The van der Waals surface area contributed by atoms with Crippen LogP contribution in [0.15, 0.2) is 65.8 Å². The van der Waals surface area contributed by atoms with Crippen molar-refractivity contribution in [3.8, 4) is 0 Å². The van der Waals surface area contributed by atoms with E-state index in [1.807, 2.05) is 16.7 Å². The summed E-state index contributed by atoms with van der Waals surface area (Å²) in [5.74, 6) is -0.604. The third kappa shape index (κ3) is 3.86. The second-order valence-corrected chi connectivity index (χ2v) is 9.33. The molecule has 0 radical (unpaired) electrons. The highest BCUT2D eigenvalue weighted by Crippen LogP contribution is 2.29. The number of halogens is 1. The molecule has 1 aliphatic heterocycles. The number of carbonyl (C=O) groups excluding carboxylic acids is 1. The minimum atomic E-state index is -3.91. The Kier molecular flexibility index (Phi) is 5.64. The van der Waals surface area contributed by atoms with Crippen LogP contribution in [0.2, 0.25) is 5.02 Å². The van der Waals surface area contributed by atoms with Crippen LogP contribution in [-0.2, 0) is 39.1 Å². The van der Waals surface area contributed by atoms with E-state index in [-0.39, 0.29) is 17.9 Å². The lowest BCUT2D eigenvalue weighted by Crippen LogP contribution is -2.49. The highest BCUT2D eigenvalue weighted by atomic mass is 35.5. The van der Waals surface area contributed by atoms with E-state index < -0.39 is 22.0 Å². The number of methoxy groups -OCH3 is 1. The minimum Gasteiger partial charge on any atom is -0.468 e. The number of benzene rings is 2. The van der Waals surface area contributed by atoms with Gasteiger partial charge in [0.05, 0.1) is 36.3 Å². The molecule has 4 rings (SSSR count). The van der Waals surface area contributed by atoms with Gasteiger partial charge in [0.1, 0.15) is 6.04 Å². The largest absolute Gasteiger partial charge is 0.468 e. The first-order valence-electron chi connectivity index (χ1n) is 9.32. The number of fused-ring (bicyclic) bond motifs is 1. The van der Waals surface area contributed by atoms with Crippen LogP contribution in [0.5, 0.6) is 0 Å². The molecule has 0 bridgehead atoms. The van der Waals surface area contributed by atoms with Gasteiger partial charge in [0.25, 0.3) is 0 Å². The van der Waals surface area contributed by atoms with E-state index in [1.54, 1.807) is 36.7 Å². The highest BCUT2D eigenvalue weighted by molar-refractivity contribution is 7.89. The molecule has 0 fully saturated rings. The number of rotatable bonds is 5. The highest BCUT2D eigenvalue weighted by Gasteiger charge is 2.42. The van der Waals surface area contributed by atoms with E-state index in [2.05, 4.69) is 4.98 Å². The number of hydrogen-bond acceptors (Lipinski definition) is 5. The number of ether oxygens (including phenoxy) is 1. The lowest BCUT2D eigenvalue weighted by Gasteiger charge is -2.33. The van der Waals surface area contributed by atoms with Crippen molar-refractivity contribution in [2.24, 2.45) is 0 Å². The fourth-order valence-electron chi connectivity index (χ4n) is 3.58. The molecule has 7 nitrogen and oxygen atoms in total. The van der Waals surface area contributed by atoms with Gasteiger partial charge in [-0.25, -0.2) is 13.4 Å². The number of esters is 1. The number of sulfonamides is 1. The molecule has 0 N–H and O–H groups in total. The summed E-state index contributed by atoms with van der Waals surface area (Å²) in [7, 11) is -2.65. The summed E-state index contributed by atoms with van der Waals surface area (Å²) >= 11 is 5.96. The maximum Gasteiger partial charge on any atom is 0.324 e. The predicted octanol–water partition coefficient (Wildman–Crippen LogP) is 2.87. The van der Waals surface area contributed by atoms with Gasteiger partial charge >= 0.3 is 5.97 Å². The first-order chi connectivity index (χ1) is 14.4. The van der Waals surface area contributed by atoms with Gasteiger partial charge in [-0.05, 0) is 29.8 Å². The summed E-state index contributed by atoms with van der Waals surface area (Å²) in [6, 6.07) is 14.5. The monoisotopic (exact) mass is 445 g/mol. The summed E-state index contributed by atoms with van der Waals surface area (Å²) in [5.41, 5.74) is 2.45. The summed E-state index contributed by atoms with van der Waals surface area (Å²) in [5, 5.41) is 0.646. The van der Waals surface area contributed by atoms with E-state index in [0.29, 0.717) is 17.3 Å². The first kappa shape index (κ1) is 20.6. The van der Waals surface area contributed by atoms with Gasteiger partial charge in [0, 0.05) is 18.0 Å². The molecule has 1 aliphatic rings. The van der Waals surface area contributed by atoms with Crippen LogP contribution in [0.3, 0.4) is 0 Å². The predicted molar refractivity (Wildman–Crippen MR) is 111 cm³/mol. The molecule has 1 aromatic heterocycles. The van der Waals surface area contributed by atoms with Crippen molar-refractivity contribution in [3.05, 3.63) is 82.9 Å². The smallest absolute Gasteiger partial charge is 0.324 e. The molecule has 156 valence electrons. The average molecular weight is 446 g/mol. The lowest BCUT2D eigenvalue weighted by atomic mass is 10.1. The zero-order valence-electron chi connectivity index (χ0n) is 16.2. The molecule has 0 spiro atoms. The number of nitrogens with zero attached hydrogens (tertiary/aromatic N) is 3. The van der Waals surface area contributed by atoms with Crippen molar-refractivity contribution >= 4 is 27.6 Å². The van der Waals surface area contributed by atoms with Crippen molar-refractivity contribution in [2.45, 2.75) is 30.4 Å². The normalized spacial score (nSPS) is 16.8. The molecule has 1 unspecified atom stereocenters. The van der Waals surface area contributed by atoms with Gasteiger partial charge in [-0.3, -0.25) is 4.79 Å². The first-order valence-corrected chi connectivity index (χ1v) is 11.1. The Morgan fingerprint density at radius 3 is 2.53 bits per heavy atom. The second kappa shape index (κ2) is 8.22. The summed E-state index contributed by atoms with van der Waals surface area (Å²) < 4.78 is 34.7. The molecule has 0 amide bonds. The van der Waals surface area contributed by atoms with Crippen molar-refractivity contribution in [3.63, 3.8) is 0 Å². The van der Waals surface area contributed by atoms with Crippen LogP contribution in [0.25, 0.3) is 0 Å². The Hall–Kier alpha value is -2.68. The summed E-state index contributed by atoms with van der Waals surface area (Å²) in [6.07, 6.45) is 1.83. The number of aromatic nitrogens is 2.